The van der Waals surface area contributed by atoms with E-state index in [4.69, 9.17) is 19.9 Å². The molecule has 7 heteroatoms. The number of methoxy groups -OCH3 is 1. The van der Waals surface area contributed by atoms with Crippen LogP contribution in [0.15, 0.2) is 54.6 Å². The molecule has 4 rings (SSSR count). The van der Waals surface area contributed by atoms with E-state index >= 15 is 0 Å². The number of allylic oxidation sites excluding steroid dienone is 1. The van der Waals surface area contributed by atoms with Gasteiger partial charge in [-0.2, -0.15) is 0 Å². The van der Waals surface area contributed by atoms with Crippen LogP contribution in [0.1, 0.15) is 37.5 Å². The summed E-state index contributed by atoms with van der Waals surface area (Å²) in [5, 5.41) is 3.58. The molecule has 1 aliphatic rings. The normalized spacial score (nSPS) is 13.8. The summed E-state index contributed by atoms with van der Waals surface area (Å²) in [6, 6.07) is 13.8. The number of halogens is 1. The topological polar surface area (TPSA) is 82.8 Å². The van der Waals surface area contributed by atoms with Crippen LogP contribution in [0.3, 0.4) is 0 Å². The Morgan fingerprint density at radius 3 is 2.50 bits per heavy atom. The van der Waals surface area contributed by atoms with Crippen molar-refractivity contribution in [2.24, 2.45) is 5.73 Å². The Morgan fingerprint density at radius 1 is 1.03 bits per heavy atom. The van der Waals surface area contributed by atoms with Crippen LogP contribution in [-0.2, 0) is 11.4 Å². The summed E-state index contributed by atoms with van der Waals surface area (Å²) in [6.45, 7) is 8.19. The van der Waals surface area contributed by atoms with E-state index < -0.39 is 5.97 Å². The largest absolute Gasteiger partial charge is 0.496 e. The third-order valence-electron chi connectivity index (χ3n) is 6.13. The SMILES string of the molecule is COc1cc(OC(=O)CN)ccc1-c1ccc2c(c1COc1cc(F)ccc1C)C(C)=CC(C)(C)N2. The first-order chi connectivity index (χ1) is 17.1. The average Bonchev–Trinajstić information content (AvgIpc) is 2.83. The van der Waals surface area contributed by atoms with Gasteiger partial charge in [-0.15, -0.1) is 0 Å². The number of hydrogen-bond acceptors (Lipinski definition) is 6. The lowest BCUT2D eigenvalue weighted by molar-refractivity contribution is -0.132. The molecular formula is C29H31FN2O4. The Morgan fingerprint density at radius 2 is 1.78 bits per heavy atom. The van der Waals surface area contributed by atoms with E-state index in [1.54, 1.807) is 25.3 Å². The first-order valence-corrected chi connectivity index (χ1v) is 11.7. The molecule has 0 fully saturated rings. The van der Waals surface area contributed by atoms with Gasteiger partial charge >= 0.3 is 5.97 Å². The maximum Gasteiger partial charge on any atom is 0.325 e. The quantitative estimate of drug-likeness (QED) is 0.319. The highest BCUT2D eigenvalue weighted by atomic mass is 19.1. The molecule has 0 unspecified atom stereocenters. The molecule has 36 heavy (non-hydrogen) atoms. The fourth-order valence-electron chi connectivity index (χ4n) is 4.61. The van der Waals surface area contributed by atoms with Crippen molar-refractivity contribution in [3.05, 3.63) is 77.1 Å². The van der Waals surface area contributed by atoms with E-state index in [9.17, 15) is 9.18 Å². The van der Waals surface area contributed by atoms with Crippen molar-refractivity contribution < 1.29 is 23.4 Å². The molecule has 0 amide bonds. The second-order valence-corrected chi connectivity index (χ2v) is 9.43. The summed E-state index contributed by atoms with van der Waals surface area (Å²) in [5.41, 5.74) is 11.8. The Labute approximate surface area is 210 Å². The lowest BCUT2D eigenvalue weighted by Gasteiger charge is -2.33. The average molecular weight is 491 g/mol. The number of carbonyl (C=O) groups excluding carboxylic acids is 1. The van der Waals surface area contributed by atoms with Crippen molar-refractivity contribution in [1.82, 2.24) is 0 Å². The van der Waals surface area contributed by atoms with Gasteiger partial charge in [-0.05, 0) is 68.7 Å². The van der Waals surface area contributed by atoms with Gasteiger partial charge < -0.3 is 25.3 Å². The van der Waals surface area contributed by atoms with Crippen LogP contribution in [0.2, 0.25) is 0 Å². The van der Waals surface area contributed by atoms with Gasteiger partial charge in [0.1, 0.15) is 29.7 Å². The Bertz CT molecular complexity index is 1350. The lowest BCUT2D eigenvalue weighted by atomic mass is 9.85. The van der Waals surface area contributed by atoms with Crippen LogP contribution in [-0.4, -0.2) is 25.2 Å². The molecule has 0 aliphatic carbocycles. The molecule has 3 aromatic rings. The summed E-state index contributed by atoms with van der Waals surface area (Å²) >= 11 is 0. The summed E-state index contributed by atoms with van der Waals surface area (Å²) in [7, 11) is 1.56. The van der Waals surface area contributed by atoms with Gasteiger partial charge in [0.25, 0.3) is 0 Å². The molecule has 0 spiro atoms. The smallest absolute Gasteiger partial charge is 0.325 e. The molecule has 0 saturated carbocycles. The van der Waals surface area contributed by atoms with Crippen molar-refractivity contribution in [2.75, 3.05) is 19.0 Å². The van der Waals surface area contributed by atoms with Gasteiger partial charge in [-0.3, -0.25) is 4.79 Å². The van der Waals surface area contributed by atoms with Gasteiger partial charge in [-0.25, -0.2) is 4.39 Å². The Kier molecular flexibility index (Phi) is 7.04. The van der Waals surface area contributed by atoms with E-state index in [1.807, 2.05) is 25.1 Å². The standard InChI is InChI=1S/C29H31FN2O4/c1-17-6-7-19(30)12-25(17)35-16-23-21(10-11-24-28(23)18(2)14-29(3,4)32-24)22-9-8-20(13-26(22)34-5)36-27(33)15-31/h6-14,32H,15-16,31H2,1-5H3. The van der Waals surface area contributed by atoms with Crippen LogP contribution in [0.5, 0.6) is 17.2 Å². The molecular weight excluding hydrogens is 459 g/mol. The van der Waals surface area contributed by atoms with Crippen LogP contribution in [0, 0.1) is 12.7 Å². The van der Waals surface area contributed by atoms with Crippen LogP contribution >= 0.6 is 0 Å². The Balaban J connectivity index is 1.84. The zero-order valence-electron chi connectivity index (χ0n) is 21.2. The number of ether oxygens (including phenoxy) is 3. The van der Waals surface area contributed by atoms with Crippen LogP contribution in [0.25, 0.3) is 16.7 Å². The third-order valence-corrected chi connectivity index (χ3v) is 6.13. The summed E-state index contributed by atoms with van der Waals surface area (Å²) in [4.78, 5) is 11.7. The van der Waals surface area contributed by atoms with E-state index in [1.165, 1.54) is 12.1 Å². The van der Waals surface area contributed by atoms with Crippen LogP contribution < -0.4 is 25.3 Å². The van der Waals surface area contributed by atoms with Gasteiger partial charge in [0.15, 0.2) is 0 Å². The number of rotatable bonds is 7. The molecule has 188 valence electrons. The zero-order chi connectivity index (χ0) is 26.0. The van der Waals surface area contributed by atoms with Gasteiger partial charge in [0.05, 0.1) is 19.2 Å². The second kappa shape index (κ2) is 10.0. The van der Waals surface area contributed by atoms with E-state index in [0.29, 0.717) is 17.2 Å². The number of nitrogens with one attached hydrogen (secondary N) is 1. The number of esters is 1. The van der Waals surface area contributed by atoms with Crippen molar-refractivity contribution >= 4 is 17.2 Å². The predicted octanol–water partition coefficient (Wildman–Crippen LogP) is 5.86. The summed E-state index contributed by atoms with van der Waals surface area (Å²) < 4.78 is 31.0. The van der Waals surface area contributed by atoms with E-state index in [0.717, 1.165) is 39.1 Å². The second-order valence-electron chi connectivity index (χ2n) is 9.43. The zero-order valence-corrected chi connectivity index (χ0v) is 21.2. The van der Waals surface area contributed by atoms with Crippen LogP contribution in [0.4, 0.5) is 10.1 Å². The number of anilines is 1. The molecule has 0 aromatic heterocycles. The number of fused-ring (bicyclic) bond motifs is 1. The minimum Gasteiger partial charge on any atom is -0.496 e. The molecule has 6 nitrogen and oxygen atoms in total. The molecule has 1 aliphatic heterocycles. The van der Waals surface area contributed by atoms with Gasteiger partial charge in [0, 0.05) is 34.5 Å². The number of aryl methyl sites for hydroxylation is 1. The van der Waals surface area contributed by atoms with Crippen molar-refractivity contribution in [2.45, 2.75) is 39.8 Å². The van der Waals surface area contributed by atoms with Crippen molar-refractivity contribution in [3.63, 3.8) is 0 Å². The first-order valence-electron chi connectivity index (χ1n) is 11.7. The third kappa shape index (κ3) is 5.21. The number of hydrogen-bond donors (Lipinski definition) is 2. The van der Waals surface area contributed by atoms with Gasteiger partial charge in [0.2, 0.25) is 0 Å². The maximum atomic E-state index is 13.9. The lowest BCUT2D eigenvalue weighted by Crippen LogP contribution is -2.32. The van der Waals surface area contributed by atoms with Crippen molar-refractivity contribution in [1.29, 1.82) is 0 Å². The van der Waals surface area contributed by atoms with E-state index in [2.05, 4.69) is 32.2 Å². The first kappa shape index (κ1) is 25.3. The number of carbonyl (C=O) groups is 1. The predicted molar refractivity (Wildman–Crippen MR) is 140 cm³/mol. The van der Waals surface area contributed by atoms with E-state index in [-0.39, 0.29) is 24.5 Å². The minimum atomic E-state index is -0.535. The molecule has 3 N–H and O–H groups in total. The van der Waals surface area contributed by atoms with Gasteiger partial charge in [-0.1, -0.05) is 18.2 Å². The van der Waals surface area contributed by atoms with Crippen molar-refractivity contribution in [3.8, 4) is 28.4 Å². The monoisotopic (exact) mass is 490 g/mol. The Hall–Kier alpha value is -3.84. The summed E-state index contributed by atoms with van der Waals surface area (Å²) in [5.74, 6) is 0.477. The molecule has 0 radical (unpaired) electrons. The fourth-order valence-corrected chi connectivity index (χ4v) is 4.61. The number of nitrogens with two attached hydrogens (primary N) is 1. The molecule has 1 heterocycles. The minimum absolute atomic E-state index is 0.206. The maximum absolute atomic E-state index is 13.9. The highest BCUT2D eigenvalue weighted by Crippen LogP contribution is 2.43. The molecule has 3 aromatic carbocycles. The number of benzene rings is 3. The summed E-state index contributed by atoms with van der Waals surface area (Å²) in [6.07, 6.45) is 2.18. The highest BCUT2D eigenvalue weighted by molar-refractivity contribution is 5.88. The molecule has 0 saturated heterocycles. The molecule has 0 atom stereocenters. The fraction of sp³-hybridized carbons (Fsp3) is 0.276. The molecule has 0 bridgehead atoms. The highest BCUT2D eigenvalue weighted by Gasteiger charge is 2.27.